The first kappa shape index (κ1) is 12.3. The van der Waals surface area contributed by atoms with E-state index in [-0.39, 0.29) is 6.61 Å². The summed E-state index contributed by atoms with van der Waals surface area (Å²) >= 11 is 0. The lowest BCUT2D eigenvalue weighted by Crippen LogP contribution is -2.54. The summed E-state index contributed by atoms with van der Waals surface area (Å²) in [5.41, 5.74) is 5.59. The Bertz CT molecular complexity index is 230. The van der Waals surface area contributed by atoms with Crippen molar-refractivity contribution in [1.29, 1.82) is 0 Å². The van der Waals surface area contributed by atoms with Crippen LogP contribution in [-0.2, 0) is 0 Å². The smallest absolute Gasteiger partial charge is 0.0621 e. The summed E-state index contributed by atoms with van der Waals surface area (Å²) in [7, 11) is 0. The molecule has 2 aliphatic rings. The van der Waals surface area contributed by atoms with Gasteiger partial charge in [0.1, 0.15) is 0 Å². The lowest BCUT2D eigenvalue weighted by molar-refractivity contribution is 0.0609. The van der Waals surface area contributed by atoms with Crippen LogP contribution in [0.15, 0.2) is 0 Å². The van der Waals surface area contributed by atoms with Gasteiger partial charge in [-0.25, -0.2) is 0 Å². The van der Waals surface area contributed by atoms with E-state index in [0.717, 1.165) is 18.4 Å². The first-order valence-electron chi connectivity index (χ1n) is 6.73. The van der Waals surface area contributed by atoms with Crippen LogP contribution in [0.4, 0.5) is 0 Å². The summed E-state index contributed by atoms with van der Waals surface area (Å²) < 4.78 is 0. The van der Waals surface area contributed by atoms with Crippen LogP contribution in [-0.4, -0.2) is 41.8 Å². The maximum atomic E-state index is 9.21. The van der Waals surface area contributed by atoms with Gasteiger partial charge in [0.05, 0.1) is 6.61 Å². The predicted molar refractivity (Wildman–Crippen MR) is 66.2 cm³/mol. The maximum absolute atomic E-state index is 9.21. The zero-order chi connectivity index (χ0) is 11.6. The first-order valence-corrected chi connectivity index (χ1v) is 6.73. The van der Waals surface area contributed by atoms with Gasteiger partial charge < -0.3 is 15.7 Å². The van der Waals surface area contributed by atoms with Gasteiger partial charge in [0.15, 0.2) is 0 Å². The molecule has 3 nitrogen and oxygen atoms in total. The van der Waals surface area contributed by atoms with Crippen molar-refractivity contribution >= 4 is 0 Å². The topological polar surface area (TPSA) is 49.5 Å². The average molecular weight is 226 g/mol. The summed E-state index contributed by atoms with van der Waals surface area (Å²) in [4.78, 5) is 2.46. The molecule has 3 unspecified atom stereocenters. The van der Waals surface area contributed by atoms with E-state index in [4.69, 9.17) is 5.73 Å². The molecular formula is C13H26N2O. The number of rotatable bonds is 3. The average Bonchev–Trinajstić information content (AvgIpc) is 2.28. The van der Waals surface area contributed by atoms with E-state index in [1.54, 1.807) is 0 Å². The van der Waals surface area contributed by atoms with Crippen molar-refractivity contribution in [3.63, 3.8) is 0 Å². The van der Waals surface area contributed by atoms with Gasteiger partial charge in [-0.3, -0.25) is 0 Å². The lowest BCUT2D eigenvalue weighted by Gasteiger charge is -2.43. The largest absolute Gasteiger partial charge is 0.394 e. The highest BCUT2D eigenvalue weighted by atomic mass is 16.3. The highest BCUT2D eigenvalue weighted by Gasteiger charge is 2.33. The van der Waals surface area contributed by atoms with Crippen LogP contribution in [0.2, 0.25) is 0 Å². The number of aliphatic hydroxyl groups is 1. The fraction of sp³-hybridized carbons (Fsp3) is 1.00. The Kier molecular flexibility index (Phi) is 3.88. The van der Waals surface area contributed by atoms with E-state index in [9.17, 15) is 5.11 Å². The highest BCUT2D eigenvalue weighted by Crippen LogP contribution is 2.36. The fourth-order valence-corrected chi connectivity index (χ4v) is 3.38. The third-order valence-electron chi connectivity index (χ3n) is 4.32. The van der Waals surface area contributed by atoms with Gasteiger partial charge in [-0.1, -0.05) is 19.3 Å². The van der Waals surface area contributed by atoms with Crippen molar-refractivity contribution in [3.05, 3.63) is 0 Å². The molecule has 0 bridgehead atoms. The number of piperidine rings is 1. The normalized spacial score (nSPS) is 35.4. The van der Waals surface area contributed by atoms with Gasteiger partial charge in [-0.2, -0.15) is 0 Å². The van der Waals surface area contributed by atoms with E-state index in [1.807, 2.05) is 6.92 Å². The molecule has 1 heterocycles. The highest BCUT2D eigenvalue weighted by molar-refractivity contribution is 4.88. The Morgan fingerprint density at radius 2 is 1.94 bits per heavy atom. The molecule has 3 heteroatoms. The Morgan fingerprint density at radius 1 is 1.25 bits per heavy atom. The number of likely N-dealkylation sites (tertiary alicyclic amines) is 1. The van der Waals surface area contributed by atoms with Gasteiger partial charge >= 0.3 is 0 Å². The fourth-order valence-electron chi connectivity index (χ4n) is 3.38. The van der Waals surface area contributed by atoms with Crippen LogP contribution in [0, 0.1) is 11.8 Å². The Hall–Kier alpha value is -0.120. The molecule has 0 aromatic heterocycles. The lowest BCUT2D eigenvalue weighted by atomic mass is 9.75. The number of hydrogen-bond acceptors (Lipinski definition) is 3. The molecule has 16 heavy (non-hydrogen) atoms. The SMILES string of the molecule is CC(N)(CO)CN1CCC2CCCCC2C1. The predicted octanol–water partition coefficient (Wildman–Crippen LogP) is 1.21. The third-order valence-corrected chi connectivity index (χ3v) is 4.32. The number of nitrogens with two attached hydrogens (primary N) is 1. The summed E-state index contributed by atoms with van der Waals surface area (Å²) in [6.07, 6.45) is 7.04. The zero-order valence-corrected chi connectivity index (χ0v) is 10.5. The molecule has 2 rings (SSSR count). The van der Waals surface area contributed by atoms with Gasteiger partial charge in [0, 0.05) is 18.6 Å². The molecule has 1 saturated carbocycles. The van der Waals surface area contributed by atoms with E-state index in [2.05, 4.69) is 4.90 Å². The first-order chi connectivity index (χ1) is 7.61. The molecule has 2 fully saturated rings. The summed E-state index contributed by atoms with van der Waals surface area (Å²) in [6, 6.07) is 0. The van der Waals surface area contributed by atoms with Crippen LogP contribution < -0.4 is 5.73 Å². The van der Waals surface area contributed by atoms with Crippen molar-refractivity contribution in [2.75, 3.05) is 26.2 Å². The number of aliphatic hydroxyl groups excluding tert-OH is 1. The standard InChI is InChI=1S/C13H26N2O/c1-13(14,10-16)9-15-7-6-11-4-2-3-5-12(11)8-15/h11-12,16H,2-10,14H2,1H3. The summed E-state index contributed by atoms with van der Waals surface area (Å²) in [6.45, 7) is 5.25. The van der Waals surface area contributed by atoms with Crippen LogP contribution in [0.1, 0.15) is 39.0 Å². The minimum atomic E-state index is -0.429. The molecule has 0 spiro atoms. The molecule has 0 aromatic carbocycles. The molecule has 94 valence electrons. The van der Waals surface area contributed by atoms with E-state index >= 15 is 0 Å². The van der Waals surface area contributed by atoms with E-state index < -0.39 is 5.54 Å². The quantitative estimate of drug-likeness (QED) is 0.760. The molecule has 1 saturated heterocycles. The number of hydrogen-bond donors (Lipinski definition) is 2. The molecular weight excluding hydrogens is 200 g/mol. The Labute approximate surface area is 99.0 Å². The molecule has 1 aliphatic heterocycles. The van der Waals surface area contributed by atoms with Crippen molar-refractivity contribution < 1.29 is 5.11 Å². The minimum absolute atomic E-state index is 0.0809. The van der Waals surface area contributed by atoms with Crippen molar-refractivity contribution in [1.82, 2.24) is 4.90 Å². The minimum Gasteiger partial charge on any atom is -0.394 e. The van der Waals surface area contributed by atoms with Crippen molar-refractivity contribution in [2.45, 2.75) is 44.6 Å². The molecule has 3 N–H and O–H groups in total. The van der Waals surface area contributed by atoms with Gasteiger partial charge in [0.25, 0.3) is 0 Å². The number of fused-ring (bicyclic) bond motifs is 1. The van der Waals surface area contributed by atoms with E-state index in [1.165, 1.54) is 45.2 Å². The third kappa shape index (κ3) is 2.96. The Balaban J connectivity index is 1.85. The monoisotopic (exact) mass is 226 g/mol. The van der Waals surface area contributed by atoms with Gasteiger partial charge in [-0.05, 0) is 38.1 Å². The van der Waals surface area contributed by atoms with Crippen molar-refractivity contribution in [2.24, 2.45) is 17.6 Å². The van der Waals surface area contributed by atoms with Crippen LogP contribution in [0.5, 0.6) is 0 Å². The van der Waals surface area contributed by atoms with Gasteiger partial charge in [-0.15, -0.1) is 0 Å². The molecule has 3 atom stereocenters. The second kappa shape index (κ2) is 5.03. The van der Waals surface area contributed by atoms with Crippen LogP contribution >= 0.6 is 0 Å². The number of nitrogens with zero attached hydrogens (tertiary/aromatic N) is 1. The summed E-state index contributed by atoms with van der Waals surface area (Å²) in [5.74, 6) is 1.88. The molecule has 0 aromatic rings. The maximum Gasteiger partial charge on any atom is 0.0621 e. The molecule has 1 aliphatic carbocycles. The summed E-state index contributed by atoms with van der Waals surface area (Å²) in [5, 5.41) is 9.21. The Morgan fingerprint density at radius 3 is 2.62 bits per heavy atom. The van der Waals surface area contributed by atoms with Crippen LogP contribution in [0.3, 0.4) is 0 Å². The van der Waals surface area contributed by atoms with Crippen molar-refractivity contribution in [3.8, 4) is 0 Å². The molecule has 0 radical (unpaired) electrons. The second-order valence-electron chi connectivity index (χ2n) is 6.14. The van der Waals surface area contributed by atoms with Crippen LogP contribution in [0.25, 0.3) is 0 Å². The van der Waals surface area contributed by atoms with E-state index in [0.29, 0.717) is 0 Å². The van der Waals surface area contributed by atoms with Gasteiger partial charge in [0.2, 0.25) is 0 Å². The molecule has 0 amide bonds. The second-order valence-corrected chi connectivity index (χ2v) is 6.14. The zero-order valence-electron chi connectivity index (χ0n) is 10.5.